The van der Waals surface area contributed by atoms with E-state index < -0.39 is 11.7 Å². The molecule has 1 unspecified atom stereocenters. The fourth-order valence-electron chi connectivity index (χ4n) is 2.88. The smallest absolute Gasteiger partial charge is 0.339 e. The fraction of sp³-hybridized carbons (Fsp3) is 0.235. The zero-order chi connectivity index (χ0) is 18.3. The number of halogens is 3. The van der Waals surface area contributed by atoms with Crippen molar-refractivity contribution in [1.29, 1.82) is 0 Å². The number of hydrogen-bond donors (Lipinski definition) is 0. The largest absolute Gasteiger partial charge is 0.416 e. The van der Waals surface area contributed by atoms with Gasteiger partial charge in [-0.3, -0.25) is 4.79 Å². The number of anilines is 1. The molecule has 0 saturated carbocycles. The van der Waals surface area contributed by atoms with Crippen LogP contribution in [0.25, 0.3) is 10.7 Å². The van der Waals surface area contributed by atoms with E-state index in [4.69, 9.17) is 4.52 Å². The lowest BCUT2D eigenvalue weighted by atomic mass is 10.1. The molecule has 5 nitrogen and oxygen atoms in total. The van der Waals surface area contributed by atoms with Gasteiger partial charge < -0.3 is 9.42 Å². The minimum absolute atomic E-state index is 0.113. The number of nitrogens with zero attached hydrogens (tertiary/aromatic N) is 3. The Morgan fingerprint density at radius 3 is 2.81 bits per heavy atom. The number of rotatable bonds is 3. The zero-order valence-corrected chi connectivity index (χ0v) is 14.0. The summed E-state index contributed by atoms with van der Waals surface area (Å²) < 4.78 is 44.0. The molecule has 9 heteroatoms. The summed E-state index contributed by atoms with van der Waals surface area (Å²) in [5, 5.41) is 5.81. The van der Waals surface area contributed by atoms with E-state index in [1.807, 2.05) is 17.5 Å². The van der Waals surface area contributed by atoms with Gasteiger partial charge in [0.15, 0.2) is 0 Å². The molecule has 1 atom stereocenters. The normalized spacial score (nSPS) is 17.9. The van der Waals surface area contributed by atoms with E-state index in [0.717, 1.165) is 17.0 Å². The summed E-state index contributed by atoms with van der Waals surface area (Å²) in [5.41, 5.74) is -0.575. The van der Waals surface area contributed by atoms with Crippen molar-refractivity contribution in [2.75, 3.05) is 11.4 Å². The molecule has 134 valence electrons. The summed E-state index contributed by atoms with van der Waals surface area (Å²) in [5.74, 6) is 0.139. The molecular formula is C17H12F3N3O2S. The molecule has 26 heavy (non-hydrogen) atoms. The summed E-state index contributed by atoms with van der Waals surface area (Å²) in [6, 6.07) is 8.46. The molecule has 1 aliphatic heterocycles. The van der Waals surface area contributed by atoms with E-state index in [1.165, 1.54) is 28.4 Å². The van der Waals surface area contributed by atoms with Gasteiger partial charge in [0, 0.05) is 18.7 Å². The molecule has 0 bridgehead atoms. The Balaban J connectivity index is 1.56. The van der Waals surface area contributed by atoms with Crippen molar-refractivity contribution in [3.05, 3.63) is 53.2 Å². The third-order valence-electron chi connectivity index (χ3n) is 4.14. The Morgan fingerprint density at radius 2 is 2.08 bits per heavy atom. The molecule has 1 aromatic carbocycles. The van der Waals surface area contributed by atoms with E-state index in [1.54, 1.807) is 0 Å². The molecule has 3 heterocycles. The lowest BCUT2D eigenvalue weighted by Gasteiger charge is -2.17. The van der Waals surface area contributed by atoms with Crippen LogP contribution in [0.2, 0.25) is 0 Å². The summed E-state index contributed by atoms with van der Waals surface area (Å²) in [7, 11) is 0. The number of carbonyl (C=O) groups excluding carboxylic acids is 1. The lowest BCUT2D eigenvalue weighted by molar-refractivity contribution is -0.137. The quantitative estimate of drug-likeness (QED) is 0.679. The minimum atomic E-state index is -4.46. The molecule has 0 spiro atoms. The van der Waals surface area contributed by atoms with Crippen molar-refractivity contribution in [3.8, 4) is 10.7 Å². The Bertz CT molecular complexity index is 937. The van der Waals surface area contributed by atoms with Crippen LogP contribution in [0, 0.1) is 0 Å². The second-order valence-corrected chi connectivity index (χ2v) is 6.83. The van der Waals surface area contributed by atoms with Gasteiger partial charge in [-0.15, -0.1) is 11.3 Å². The van der Waals surface area contributed by atoms with Crippen molar-refractivity contribution >= 4 is 22.9 Å². The molecule has 0 radical (unpaired) electrons. The Labute approximate surface area is 150 Å². The van der Waals surface area contributed by atoms with Crippen LogP contribution in [0.5, 0.6) is 0 Å². The molecule has 1 aliphatic rings. The third kappa shape index (κ3) is 3.10. The molecule has 1 amide bonds. The van der Waals surface area contributed by atoms with Gasteiger partial charge >= 0.3 is 6.18 Å². The van der Waals surface area contributed by atoms with Crippen molar-refractivity contribution < 1.29 is 22.5 Å². The topological polar surface area (TPSA) is 59.2 Å². The molecule has 1 saturated heterocycles. The number of benzene rings is 1. The second kappa shape index (κ2) is 6.24. The van der Waals surface area contributed by atoms with E-state index in [9.17, 15) is 18.0 Å². The first-order chi connectivity index (χ1) is 12.4. The summed E-state index contributed by atoms with van der Waals surface area (Å²) in [6.45, 7) is 0.201. The van der Waals surface area contributed by atoms with Gasteiger partial charge in [0.05, 0.1) is 16.4 Å². The average Bonchev–Trinajstić information content (AvgIpc) is 3.34. The van der Waals surface area contributed by atoms with E-state index >= 15 is 0 Å². The van der Waals surface area contributed by atoms with Crippen molar-refractivity contribution in [2.45, 2.75) is 18.5 Å². The second-order valence-electron chi connectivity index (χ2n) is 5.89. The fourth-order valence-corrected chi connectivity index (χ4v) is 3.53. The maximum Gasteiger partial charge on any atom is 0.416 e. The van der Waals surface area contributed by atoms with Gasteiger partial charge in [-0.25, -0.2) is 0 Å². The standard InChI is InChI=1S/C17H12F3N3O2S/c18-17(19,20)11-3-1-4-12(8-11)23-9-10(7-14(23)24)16-21-15(22-25-16)13-5-2-6-26-13/h1-6,8,10H,7,9H2. The highest BCUT2D eigenvalue weighted by Gasteiger charge is 2.37. The summed E-state index contributed by atoms with van der Waals surface area (Å²) >= 11 is 1.46. The first-order valence-electron chi connectivity index (χ1n) is 7.77. The number of carbonyl (C=O) groups is 1. The van der Waals surface area contributed by atoms with Gasteiger partial charge in [-0.1, -0.05) is 17.3 Å². The van der Waals surface area contributed by atoms with Crippen LogP contribution < -0.4 is 4.90 Å². The Kier molecular flexibility index (Phi) is 4.03. The van der Waals surface area contributed by atoms with Crippen molar-refractivity contribution in [1.82, 2.24) is 10.1 Å². The lowest BCUT2D eigenvalue weighted by Crippen LogP contribution is -2.24. The number of thiophene rings is 1. The maximum absolute atomic E-state index is 12.9. The highest BCUT2D eigenvalue weighted by atomic mass is 32.1. The number of amides is 1. The van der Waals surface area contributed by atoms with Crippen LogP contribution in [0.4, 0.5) is 18.9 Å². The first-order valence-corrected chi connectivity index (χ1v) is 8.65. The van der Waals surface area contributed by atoms with Crippen LogP contribution in [0.1, 0.15) is 23.8 Å². The van der Waals surface area contributed by atoms with Gasteiger partial charge in [-0.05, 0) is 29.6 Å². The number of alkyl halides is 3. The summed E-state index contributed by atoms with van der Waals surface area (Å²) in [4.78, 5) is 18.8. The van der Waals surface area contributed by atoms with Crippen LogP contribution in [-0.2, 0) is 11.0 Å². The van der Waals surface area contributed by atoms with E-state index in [-0.39, 0.29) is 30.5 Å². The molecular weight excluding hydrogens is 367 g/mol. The predicted octanol–water partition coefficient (Wildman–Crippen LogP) is 4.34. The van der Waals surface area contributed by atoms with Crippen LogP contribution in [0.15, 0.2) is 46.3 Å². The van der Waals surface area contributed by atoms with Crippen LogP contribution in [-0.4, -0.2) is 22.6 Å². The van der Waals surface area contributed by atoms with Crippen LogP contribution >= 0.6 is 11.3 Å². The highest BCUT2D eigenvalue weighted by Crippen LogP contribution is 2.35. The third-order valence-corrected chi connectivity index (χ3v) is 5.01. The monoisotopic (exact) mass is 379 g/mol. The van der Waals surface area contributed by atoms with Crippen molar-refractivity contribution in [3.63, 3.8) is 0 Å². The Morgan fingerprint density at radius 1 is 1.23 bits per heavy atom. The number of aromatic nitrogens is 2. The molecule has 4 rings (SSSR count). The maximum atomic E-state index is 12.9. The predicted molar refractivity (Wildman–Crippen MR) is 88.8 cm³/mol. The van der Waals surface area contributed by atoms with Gasteiger partial charge in [-0.2, -0.15) is 18.2 Å². The first kappa shape index (κ1) is 16.8. The van der Waals surface area contributed by atoms with Gasteiger partial charge in [0.1, 0.15) is 0 Å². The van der Waals surface area contributed by atoms with E-state index in [2.05, 4.69) is 10.1 Å². The molecule has 0 N–H and O–H groups in total. The van der Waals surface area contributed by atoms with E-state index in [0.29, 0.717) is 11.7 Å². The molecule has 3 aromatic rings. The molecule has 2 aromatic heterocycles. The van der Waals surface area contributed by atoms with Gasteiger partial charge in [0.25, 0.3) is 0 Å². The SMILES string of the molecule is O=C1CC(c2nc(-c3cccs3)no2)CN1c1cccc(C(F)(F)F)c1. The highest BCUT2D eigenvalue weighted by molar-refractivity contribution is 7.13. The molecule has 0 aliphatic carbocycles. The summed E-state index contributed by atoms with van der Waals surface area (Å²) in [6.07, 6.45) is -4.34. The van der Waals surface area contributed by atoms with Crippen LogP contribution in [0.3, 0.4) is 0 Å². The van der Waals surface area contributed by atoms with Gasteiger partial charge in [0.2, 0.25) is 17.6 Å². The minimum Gasteiger partial charge on any atom is -0.339 e. The van der Waals surface area contributed by atoms with Crippen molar-refractivity contribution in [2.24, 2.45) is 0 Å². The number of hydrogen-bond acceptors (Lipinski definition) is 5. The average molecular weight is 379 g/mol. The zero-order valence-electron chi connectivity index (χ0n) is 13.2. The molecule has 1 fully saturated rings. The Hall–Kier alpha value is -2.68.